The molecule has 1 saturated heterocycles. The highest BCUT2D eigenvalue weighted by atomic mass is 19.1. The van der Waals surface area contributed by atoms with Gasteiger partial charge >= 0.3 is 0 Å². The van der Waals surface area contributed by atoms with Crippen LogP contribution in [0.5, 0.6) is 5.75 Å². The maximum atomic E-state index is 14.0. The molecule has 2 fully saturated rings. The summed E-state index contributed by atoms with van der Waals surface area (Å²) in [5, 5.41) is 0.988. The van der Waals surface area contributed by atoms with Gasteiger partial charge in [-0.15, -0.1) is 0 Å². The van der Waals surface area contributed by atoms with Gasteiger partial charge in [0.15, 0.2) is 0 Å². The number of hydrogen-bond acceptors (Lipinski definition) is 4. The highest BCUT2D eigenvalue weighted by Gasteiger charge is 2.42. The van der Waals surface area contributed by atoms with Gasteiger partial charge < -0.3 is 14.6 Å². The van der Waals surface area contributed by atoms with Gasteiger partial charge in [0, 0.05) is 50.0 Å². The van der Waals surface area contributed by atoms with E-state index in [0.29, 0.717) is 30.0 Å². The van der Waals surface area contributed by atoms with Crippen molar-refractivity contribution in [3.05, 3.63) is 48.0 Å². The Labute approximate surface area is 187 Å². The van der Waals surface area contributed by atoms with Crippen LogP contribution in [0.1, 0.15) is 24.5 Å². The second-order valence-corrected chi connectivity index (χ2v) is 9.36. The largest absolute Gasteiger partial charge is 0.496 e. The number of aromatic nitrogens is 2. The van der Waals surface area contributed by atoms with Crippen LogP contribution >= 0.6 is 0 Å². The molecule has 1 amide bonds. The number of rotatable bonds is 5. The second-order valence-electron chi connectivity index (χ2n) is 9.36. The number of hydrogen-bond donors (Lipinski definition) is 1. The number of H-pyrrole nitrogens is 1. The highest BCUT2D eigenvalue weighted by molar-refractivity contribution is 5.95. The van der Waals surface area contributed by atoms with Crippen LogP contribution in [-0.2, 0) is 4.79 Å². The molecule has 1 unspecified atom stereocenters. The van der Waals surface area contributed by atoms with Crippen molar-refractivity contribution in [2.24, 2.45) is 11.8 Å². The lowest BCUT2D eigenvalue weighted by Crippen LogP contribution is -2.35. The quantitative estimate of drug-likeness (QED) is 0.659. The van der Waals surface area contributed by atoms with Crippen LogP contribution in [0, 0.1) is 17.7 Å². The van der Waals surface area contributed by atoms with E-state index in [1.807, 2.05) is 20.2 Å². The fraction of sp³-hybridized carbons (Fsp3) is 0.440. The Hall–Kier alpha value is -2.93. The average molecular weight is 437 g/mol. The maximum Gasteiger partial charge on any atom is 0.236 e. The van der Waals surface area contributed by atoms with Crippen molar-refractivity contribution >= 4 is 16.9 Å². The first-order valence-electron chi connectivity index (χ1n) is 11.2. The smallest absolute Gasteiger partial charge is 0.236 e. The summed E-state index contributed by atoms with van der Waals surface area (Å²) in [6.07, 6.45) is 3.98. The number of carbonyl (C=O) groups excluding carboxylic acids is 1. The van der Waals surface area contributed by atoms with E-state index in [9.17, 15) is 9.18 Å². The zero-order valence-electron chi connectivity index (χ0n) is 18.8. The van der Waals surface area contributed by atoms with Crippen LogP contribution in [0.3, 0.4) is 0 Å². The molecule has 2 aromatic heterocycles. The van der Waals surface area contributed by atoms with Crippen molar-refractivity contribution in [1.82, 2.24) is 19.8 Å². The van der Waals surface area contributed by atoms with Gasteiger partial charge in [-0.2, -0.15) is 0 Å². The monoisotopic (exact) mass is 436 g/mol. The predicted molar refractivity (Wildman–Crippen MR) is 122 cm³/mol. The van der Waals surface area contributed by atoms with Crippen molar-refractivity contribution in [3.8, 4) is 16.9 Å². The van der Waals surface area contributed by atoms with Gasteiger partial charge in [0.25, 0.3) is 0 Å². The van der Waals surface area contributed by atoms with Gasteiger partial charge in [-0.05, 0) is 66.5 Å². The lowest BCUT2D eigenvalue weighted by atomic mass is 9.99. The Balaban J connectivity index is 1.37. The van der Waals surface area contributed by atoms with Crippen LogP contribution in [-0.4, -0.2) is 66.5 Å². The molecule has 1 saturated carbocycles. The molecule has 0 radical (unpaired) electrons. The molecule has 1 aliphatic heterocycles. The number of pyridine rings is 1. The van der Waals surface area contributed by atoms with Crippen LogP contribution < -0.4 is 4.74 Å². The number of ether oxygens (including phenoxy) is 1. The normalized spacial score (nSPS) is 22.9. The number of carbonyl (C=O) groups is 1. The number of fused-ring (bicyclic) bond motifs is 2. The van der Waals surface area contributed by atoms with Gasteiger partial charge in [0.2, 0.25) is 5.91 Å². The Morgan fingerprint density at radius 1 is 1.19 bits per heavy atom. The third kappa shape index (κ3) is 3.75. The summed E-state index contributed by atoms with van der Waals surface area (Å²) in [7, 11) is 5.23. The number of halogens is 1. The summed E-state index contributed by atoms with van der Waals surface area (Å²) in [6, 6.07) is 8.69. The standard InChI is InChI=1S/C25H29FN4O2/c1-29(2)24(31)14-30-12-16-8-15(9-17(16)13-30)22-11-21-19(6-7-27-25(21)28-22)20-10-18(26)4-5-23(20)32-3/h4-7,10-11,15-17H,8-9,12-14H2,1-3H3,(H,27,28)/t15?,16-,17+. The summed E-state index contributed by atoms with van der Waals surface area (Å²) in [4.78, 5) is 24.1. The first-order chi connectivity index (χ1) is 15.4. The Morgan fingerprint density at radius 2 is 1.94 bits per heavy atom. The van der Waals surface area contributed by atoms with Crippen LogP contribution in [0.25, 0.3) is 22.2 Å². The number of aromatic amines is 1. The topological polar surface area (TPSA) is 61.5 Å². The molecule has 1 aliphatic carbocycles. The maximum absolute atomic E-state index is 14.0. The number of nitrogens with one attached hydrogen (secondary N) is 1. The van der Waals surface area contributed by atoms with Crippen LogP contribution in [0.4, 0.5) is 4.39 Å². The van der Waals surface area contributed by atoms with Crippen molar-refractivity contribution in [1.29, 1.82) is 0 Å². The average Bonchev–Trinajstić information content (AvgIpc) is 3.45. The molecule has 0 bridgehead atoms. The zero-order valence-corrected chi connectivity index (χ0v) is 18.8. The van der Waals surface area contributed by atoms with Crippen LogP contribution in [0.2, 0.25) is 0 Å². The Kier molecular flexibility index (Phi) is 5.37. The Bertz CT molecular complexity index is 1140. The van der Waals surface area contributed by atoms with Crippen molar-refractivity contribution in [2.75, 3.05) is 40.8 Å². The van der Waals surface area contributed by atoms with Crippen LogP contribution in [0.15, 0.2) is 36.5 Å². The second kappa shape index (κ2) is 8.20. The molecule has 0 spiro atoms. The summed E-state index contributed by atoms with van der Waals surface area (Å²) in [6.45, 7) is 2.50. The molecule has 1 aromatic carbocycles. The predicted octanol–water partition coefficient (Wildman–Crippen LogP) is 3.89. The van der Waals surface area contributed by atoms with Crippen molar-refractivity contribution < 1.29 is 13.9 Å². The third-order valence-corrected chi connectivity index (χ3v) is 7.13. The molecule has 32 heavy (non-hydrogen) atoms. The summed E-state index contributed by atoms with van der Waals surface area (Å²) in [5.41, 5.74) is 3.66. The molecule has 168 valence electrons. The molecule has 1 N–H and O–H groups in total. The van der Waals surface area contributed by atoms with Gasteiger partial charge in [0.05, 0.1) is 13.7 Å². The Morgan fingerprint density at radius 3 is 2.62 bits per heavy atom. The molecule has 3 aromatic rings. The SMILES string of the molecule is COc1ccc(F)cc1-c1ccnc2[nH]c(C3C[C@@H]4CN(CC(=O)N(C)C)C[C@@H]4C3)cc12. The molecule has 7 heteroatoms. The molecular formula is C25H29FN4O2. The zero-order chi connectivity index (χ0) is 22.4. The fourth-order valence-electron chi connectivity index (χ4n) is 5.51. The van der Waals surface area contributed by atoms with Crippen molar-refractivity contribution in [2.45, 2.75) is 18.8 Å². The lowest BCUT2D eigenvalue weighted by molar-refractivity contribution is -0.129. The number of likely N-dealkylation sites (tertiary alicyclic amines) is 1. The lowest BCUT2D eigenvalue weighted by Gasteiger charge is -2.20. The number of benzene rings is 1. The molecular weight excluding hydrogens is 407 g/mol. The molecule has 3 heterocycles. The van der Waals surface area contributed by atoms with Gasteiger partial charge in [-0.25, -0.2) is 9.37 Å². The number of likely N-dealkylation sites (N-methyl/N-ethyl adjacent to an activating group) is 1. The minimum absolute atomic E-state index is 0.170. The molecule has 6 nitrogen and oxygen atoms in total. The van der Waals surface area contributed by atoms with E-state index in [2.05, 4.69) is 20.9 Å². The minimum Gasteiger partial charge on any atom is -0.496 e. The van der Waals surface area contributed by atoms with Gasteiger partial charge in [-0.3, -0.25) is 9.69 Å². The van der Waals surface area contributed by atoms with E-state index in [4.69, 9.17) is 4.74 Å². The fourth-order valence-corrected chi connectivity index (χ4v) is 5.51. The summed E-state index contributed by atoms with van der Waals surface area (Å²) >= 11 is 0. The van der Waals surface area contributed by atoms with E-state index in [0.717, 1.165) is 48.1 Å². The highest BCUT2D eigenvalue weighted by Crippen LogP contribution is 2.47. The first-order valence-corrected chi connectivity index (χ1v) is 11.2. The number of methoxy groups -OCH3 is 1. The van der Waals surface area contributed by atoms with E-state index in [1.165, 1.54) is 17.8 Å². The first kappa shape index (κ1) is 20.9. The summed E-state index contributed by atoms with van der Waals surface area (Å²) in [5.74, 6) is 2.22. The summed E-state index contributed by atoms with van der Waals surface area (Å²) < 4.78 is 19.5. The van der Waals surface area contributed by atoms with E-state index in [1.54, 1.807) is 24.3 Å². The number of amides is 1. The van der Waals surface area contributed by atoms with Gasteiger partial charge in [-0.1, -0.05) is 0 Å². The number of nitrogens with zero attached hydrogens (tertiary/aromatic N) is 3. The van der Waals surface area contributed by atoms with E-state index < -0.39 is 0 Å². The van der Waals surface area contributed by atoms with E-state index >= 15 is 0 Å². The molecule has 3 atom stereocenters. The third-order valence-electron chi connectivity index (χ3n) is 7.13. The van der Waals surface area contributed by atoms with Crippen molar-refractivity contribution in [3.63, 3.8) is 0 Å². The molecule has 2 aliphatic rings. The van der Waals surface area contributed by atoms with E-state index in [-0.39, 0.29) is 11.7 Å². The van der Waals surface area contributed by atoms with Gasteiger partial charge in [0.1, 0.15) is 17.2 Å². The minimum atomic E-state index is -0.289. The molecule has 5 rings (SSSR count).